The molecule has 5 rings (SSSR count). The fourth-order valence-electron chi connectivity index (χ4n) is 4.36. The van der Waals surface area contributed by atoms with Gasteiger partial charge >= 0.3 is 6.11 Å². The molecule has 0 unspecified atom stereocenters. The second-order valence-corrected chi connectivity index (χ2v) is 9.42. The third-order valence-corrected chi connectivity index (χ3v) is 6.61. The molecule has 1 heterocycles. The van der Waals surface area contributed by atoms with Crippen molar-refractivity contribution in [3.05, 3.63) is 144 Å². The zero-order valence-electron chi connectivity index (χ0n) is 21.8. The summed E-state index contributed by atoms with van der Waals surface area (Å²) in [6.07, 6.45) is 1.69. The maximum atomic E-state index is 14.9. The van der Waals surface area contributed by atoms with Gasteiger partial charge in [-0.05, 0) is 83.6 Å². The number of aryl methyl sites for hydroxylation is 1. The largest absolute Gasteiger partial charge is 0.429 e. The monoisotopic (exact) mass is 557 g/mol. The van der Waals surface area contributed by atoms with Crippen molar-refractivity contribution in [3.63, 3.8) is 0 Å². The Morgan fingerprint density at radius 3 is 1.98 bits per heavy atom. The van der Waals surface area contributed by atoms with Crippen molar-refractivity contribution in [2.24, 2.45) is 0 Å². The smallest absolute Gasteiger partial charge is 0.426 e. The van der Waals surface area contributed by atoms with E-state index in [4.69, 9.17) is 4.74 Å². The zero-order chi connectivity index (χ0) is 29.0. The first-order chi connectivity index (χ1) is 19.7. The molecular formula is C34H24F5NO. The van der Waals surface area contributed by atoms with Crippen molar-refractivity contribution in [2.45, 2.75) is 19.0 Å². The summed E-state index contributed by atoms with van der Waals surface area (Å²) in [5.74, 6) is -2.80. The molecule has 0 aliphatic heterocycles. The molecular weight excluding hydrogens is 533 g/mol. The topological polar surface area (TPSA) is 22.1 Å². The van der Waals surface area contributed by atoms with Gasteiger partial charge in [0, 0.05) is 17.3 Å². The maximum Gasteiger partial charge on any atom is 0.426 e. The van der Waals surface area contributed by atoms with Crippen molar-refractivity contribution in [1.82, 2.24) is 4.98 Å². The number of alkyl halides is 2. The van der Waals surface area contributed by atoms with E-state index in [1.54, 1.807) is 24.4 Å². The molecule has 4 aromatic carbocycles. The third-order valence-electron chi connectivity index (χ3n) is 6.61. The van der Waals surface area contributed by atoms with E-state index in [2.05, 4.69) is 11.6 Å². The van der Waals surface area contributed by atoms with Crippen molar-refractivity contribution in [3.8, 4) is 39.3 Å². The minimum Gasteiger partial charge on any atom is -0.429 e. The van der Waals surface area contributed by atoms with E-state index in [0.717, 1.165) is 30.5 Å². The van der Waals surface area contributed by atoms with Crippen LogP contribution in [0.25, 0.3) is 33.5 Å². The van der Waals surface area contributed by atoms with Gasteiger partial charge in [-0.25, -0.2) is 13.2 Å². The van der Waals surface area contributed by atoms with E-state index in [1.165, 1.54) is 54.6 Å². The lowest BCUT2D eigenvalue weighted by Crippen LogP contribution is -2.21. The van der Waals surface area contributed by atoms with E-state index in [0.29, 0.717) is 22.4 Å². The molecule has 0 fully saturated rings. The Kier molecular flexibility index (Phi) is 7.97. The van der Waals surface area contributed by atoms with E-state index in [9.17, 15) is 22.0 Å². The van der Waals surface area contributed by atoms with Gasteiger partial charge in [-0.15, -0.1) is 6.58 Å². The van der Waals surface area contributed by atoms with Crippen LogP contribution in [0.5, 0.6) is 5.75 Å². The molecule has 0 spiro atoms. The predicted molar refractivity (Wildman–Crippen MR) is 150 cm³/mol. The van der Waals surface area contributed by atoms with Crippen LogP contribution in [0.2, 0.25) is 0 Å². The minimum absolute atomic E-state index is 0.0708. The van der Waals surface area contributed by atoms with Crippen molar-refractivity contribution < 1.29 is 26.7 Å². The Balaban J connectivity index is 1.27. The van der Waals surface area contributed by atoms with Crippen LogP contribution in [-0.4, -0.2) is 4.98 Å². The molecule has 0 aliphatic rings. The van der Waals surface area contributed by atoms with Crippen molar-refractivity contribution >= 4 is 0 Å². The standard InChI is InChI=1S/C34H24F5NO/c1-2-3-4-22-5-18-33(40-21-22)24-6-12-27(13-7-24)34(38,39)41-28-14-8-23(9-15-28)25-10-16-29(31(36)19-25)26-11-17-30(35)32(37)20-26/h2,5-21H,1,3-4H2. The lowest BCUT2D eigenvalue weighted by Gasteiger charge is -2.19. The van der Waals surface area contributed by atoms with Crippen LogP contribution in [0.3, 0.4) is 0 Å². The Bertz CT molecular complexity index is 1660. The molecule has 0 aliphatic carbocycles. The van der Waals surface area contributed by atoms with Crippen LogP contribution in [0.15, 0.2) is 116 Å². The van der Waals surface area contributed by atoms with Crippen LogP contribution in [-0.2, 0) is 12.5 Å². The molecule has 0 atom stereocenters. The molecule has 0 bridgehead atoms. The lowest BCUT2D eigenvalue weighted by atomic mass is 9.99. The average molecular weight is 558 g/mol. The zero-order valence-corrected chi connectivity index (χ0v) is 21.8. The molecule has 7 heteroatoms. The Morgan fingerprint density at radius 1 is 0.683 bits per heavy atom. The number of hydrogen-bond donors (Lipinski definition) is 0. The maximum absolute atomic E-state index is 14.9. The van der Waals surface area contributed by atoms with Gasteiger partial charge in [0.2, 0.25) is 0 Å². The summed E-state index contributed by atoms with van der Waals surface area (Å²) in [6.45, 7) is 3.71. The molecule has 0 amide bonds. The quantitative estimate of drug-likeness (QED) is 0.133. The highest BCUT2D eigenvalue weighted by Gasteiger charge is 2.34. The highest BCUT2D eigenvalue weighted by molar-refractivity contribution is 5.71. The molecule has 0 N–H and O–H groups in total. The van der Waals surface area contributed by atoms with Crippen LogP contribution >= 0.6 is 0 Å². The molecule has 1 aromatic heterocycles. The summed E-state index contributed by atoms with van der Waals surface area (Å²) in [5, 5.41) is 0. The number of benzene rings is 4. The number of rotatable bonds is 9. The van der Waals surface area contributed by atoms with Crippen LogP contribution in [0, 0.1) is 17.5 Å². The fourth-order valence-corrected chi connectivity index (χ4v) is 4.36. The van der Waals surface area contributed by atoms with Gasteiger partial charge in [0.25, 0.3) is 0 Å². The lowest BCUT2D eigenvalue weighted by molar-refractivity contribution is -0.185. The first-order valence-corrected chi connectivity index (χ1v) is 12.8. The van der Waals surface area contributed by atoms with Gasteiger partial charge in [0.05, 0.1) is 11.3 Å². The van der Waals surface area contributed by atoms with E-state index >= 15 is 0 Å². The van der Waals surface area contributed by atoms with E-state index in [1.807, 2.05) is 18.2 Å². The number of aromatic nitrogens is 1. The molecule has 0 saturated heterocycles. The molecule has 2 nitrogen and oxygen atoms in total. The minimum atomic E-state index is -3.60. The molecule has 0 radical (unpaired) electrons. The second-order valence-electron chi connectivity index (χ2n) is 9.42. The Morgan fingerprint density at radius 2 is 1.34 bits per heavy atom. The third kappa shape index (κ3) is 6.35. The molecule has 206 valence electrons. The van der Waals surface area contributed by atoms with Gasteiger partial charge in [-0.3, -0.25) is 4.98 Å². The number of halogens is 5. The van der Waals surface area contributed by atoms with Crippen LogP contribution in [0.4, 0.5) is 22.0 Å². The number of allylic oxidation sites excluding steroid dienone is 1. The predicted octanol–water partition coefficient (Wildman–Crippen LogP) is 9.75. The highest BCUT2D eigenvalue weighted by Crippen LogP contribution is 2.34. The van der Waals surface area contributed by atoms with Gasteiger partial charge in [-0.1, -0.05) is 54.6 Å². The number of pyridine rings is 1. The SMILES string of the molecule is C=CCCc1ccc(-c2ccc(C(F)(F)Oc3ccc(-c4ccc(-c5ccc(F)c(F)c5)c(F)c4)cc3)cc2)nc1. The van der Waals surface area contributed by atoms with Crippen LogP contribution < -0.4 is 4.74 Å². The fraction of sp³-hybridized carbons (Fsp3) is 0.0882. The van der Waals surface area contributed by atoms with E-state index < -0.39 is 23.6 Å². The number of hydrogen-bond acceptors (Lipinski definition) is 2. The molecule has 41 heavy (non-hydrogen) atoms. The number of nitrogens with zero attached hydrogens (tertiary/aromatic N) is 1. The van der Waals surface area contributed by atoms with Crippen LogP contribution in [0.1, 0.15) is 17.5 Å². The van der Waals surface area contributed by atoms with Gasteiger partial charge in [-0.2, -0.15) is 8.78 Å². The van der Waals surface area contributed by atoms with Crippen molar-refractivity contribution in [2.75, 3.05) is 0 Å². The van der Waals surface area contributed by atoms with E-state index in [-0.39, 0.29) is 22.4 Å². The molecule has 0 saturated carbocycles. The first kappa shape index (κ1) is 27.8. The summed E-state index contributed by atoms with van der Waals surface area (Å²) >= 11 is 0. The summed E-state index contributed by atoms with van der Waals surface area (Å²) in [6, 6.07) is 22.8. The van der Waals surface area contributed by atoms with Gasteiger partial charge in [0.15, 0.2) is 11.6 Å². The average Bonchev–Trinajstić information content (AvgIpc) is 2.98. The van der Waals surface area contributed by atoms with Gasteiger partial charge in [0.1, 0.15) is 11.6 Å². The highest BCUT2D eigenvalue weighted by atomic mass is 19.3. The van der Waals surface area contributed by atoms with Crippen molar-refractivity contribution in [1.29, 1.82) is 0 Å². The molecule has 5 aromatic rings. The normalized spacial score (nSPS) is 11.3. The Hall–Kier alpha value is -4.78. The summed E-state index contributed by atoms with van der Waals surface area (Å²) in [4.78, 5) is 4.42. The summed E-state index contributed by atoms with van der Waals surface area (Å²) in [5.41, 5.74) is 3.46. The second kappa shape index (κ2) is 11.8. The first-order valence-electron chi connectivity index (χ1n) is 12.8. The Labute approximate surface area is 234 Å². The van der Waals surface area contributed by atoms with Gasteiger partial charge < -0.3 is 4.74 Å². The summed E-state index contributed by atoms with van der Waals surface area (Å²) < 4.78 is 76.5. The summed E-state index contributed by atoms with van der Waals surface area (Å²) in [7, 11) is 0. The number of ether oxygens (including phenoxy) is 1.